The zero-order chi connectivity index (χ0) is 17.5. The minimum Gasteiger partial charge on any atom is -0.356 e. The Morgan fingerprint density at radius 3 is 2.40 bits per heavy atom. The van der Waals surface area contributed by atoms with E-state index in [0.717, 1.165) is 31.9 Å². The minimum atomic E-state index is 0. The van der Waals surface area contributed by atoms with Crippen LogP contribution in [0, 0.1) is 20.8 Å². The zero-order valence-electron chi connectivity index (χ0n) is 15.8. The van der Waals surface area contributed by atoms with Crippen LogP contribution in [0.3, 0.4) is 0 Å². The van der Waals surface area contributed by atoms with Crippen molar-refractivity contribution >= 4 is 41.3 Å². The van der Waals surface area contributed by atoms with Crippen LogP contribution in [-0.4, -0.2) is 24.5 Å². The molecule has 0 saturated heterocycles. The maximum atomic E-state index is 4.45. The number of guanidine groups is 1. The lowest BCUT2D eigenvalue weighted by atomic mass is 10.00. The summed E-state index contributed by atoms with van der Waals surface area (Å²) in [5, 5.41) is 7.96. The Hall–Kier alpha value is -1.15. The normalized spacial score (nSPS) is 11.2. The van der Waals surface area contributed by atoms with Gasteiger partial charge in [0.25, 0.3) is 0 Å². The maximum Gasteiger partial charge on any atom is 0.191 e. The lowest BCUT2D eigenvalue weighted by Crippen LogP contribution is -2.38. The van der Waals surface area contributed by atoms with Crippen LogP contribution in [0.2, 0.25) is 0 Å². The second kappa shape index (κ2) is 10.8. The second-order valence-electron chi connectivity index (χ2n) is 6.05. The number of rotatable bonds is 6. The molecule has 2 rings (SSSR count). The van der Waals surface area contributed by atoms with Crippen molar-refractivity contribution in [3.05, 3.63) is 50.5 Å². The van der Waals surface area contributed by atoms with Crippen LogP contribution < -0.4 is 10.6 Å². The average molecular weight is 472 g/mol. The first-order valence-corrected chi connectivity index (χ1v) is 9.30. The van der Waals surface area contributed by atoms with Gasteiger partial charge in [-0.3, -0.25) is 4.99 Å². The molecule has 25 heavy (non-hydrogen) atoms. The standard InChI is InChI=1S/C19H28N4S.HI/c1-6-16-11-22-18(24-16)7-8-21-19(20-5)23-12-17-14(3)9-13(2)10-15(17)4;/h9-11H,6-8,12H2,1-5H3,(H2,20,21,23);1H. The fraction of sp³-hybridized carbons (Fsp3) is 0.474. The third-order valence-corrected chi connectivity index (χ3v) is 5.28. The Morgan fingerprint density at radius 1 is 1.16 bits per heavy atom. The highest BCUT2D eigenvalue weighted by atomic mass is 127. The summed E-state index contributed by atoms with van der Waals surface area (Å²) in [6.45, 7) is 10.3. The summed E-state index contributed by atoms with van der Waals surface area (Å²) in [5.74, 6) is 0.835. The van der Waals surface area contributed by atoms with Gasteiger partial charge in [0, 0.05) is 37.6 Å². The maximum absolute atomic E-state index is 4.45. The van der Waals surface area contributed by atoms with Gasteiger partial charge in [-0.2, -0.15) is 0 Å². The van der Waals surface area contributed by atoms with Gasteiger partial charge in [-0.1, -0.05) is 24.6 Å². The molecule has 1 aromatic carbocycles. The molecule has 0 spiro atoms. The molecule has 4 nitrogen and oxygen atoms in total. The number of aromatic nitrogens is 1. The molecule has 0 fully saturated rings. The van der Waals surface area contributed by atoms with E-state index in [1.807, 2.05) is 13.2 Å². The fourth-order valence-corrected chi connectivity index (χ4v) is 3.66. The van der Waals surface area contributed by atoms with Crippen molar-refractivity contribution in [2.75, 3.05) is 13.6 Å². The largest absolute Gasteiger partial charge is 0.356 e. The molecule has 0 aliphatic heterocycles. The smallest absolute Gasteiger partial charge is 0.191 e. The third kappa shape index (κ3) is 6.58. The first kappa shape index (κ1) is 21.9. The van der Waals surface area contributed by atoms with Gasteiger partial charge in [-0.15, -0.1) is 35.3 Å². The summed E-state index contributed by atoms with van der Waals surface area (Å²) in [5.41, 5.74) is 5.30. The van der Waals surface area contributed by atoms with Gasteiger partial charge in [0.05, 0.1) is 5.01 Å². The van der Waals surface area contributed by atoms with E-state index in [9.17, 15) is 0 Å². The lowest BCUT2D eigenvalue weighted by Gasteiger charge is -2.15. The molecule has 0 atom stereocenters. The summed E-state index contributed by atoms with van der Waals surface area (Å²) in [6, 6.07) is 4.46. The molecule has 1 heterocycles. The summed E-state index contributed by atoms with van der Waals surface area (Å²) >= 11 is 1.80. The van der Waals surface area contributed by atoms with E-state index in [-0.39, 0.29) is 24.0 Å². The van der Waals surface area contributed by atoms with E-state index < -0.39 is 0 Å². The Bertz CT molecular complexity index is 686. The van der Waals surface area contributed by atoms with Crippen LogP contribution in [0.25, 0.3) is 0 Å². The zero-order valence-corrected chi connectivity index (χ0v) is 18.9. The fourth-order valence-electron chi connectivity index (χ4n) is 2.80. The topological polar surface area (TPSA) is 49.3 Å². The van der Waals surface area contributed by atoms with E-state index in [0.29, 0.717) is 0 Å². The molecule has 2 N–H and O–H groups in total. The molecule has 0 saturated carbocycles. The predicted octanol–water partition coefficient (Wildman–Crippen LogP) is 4.16. The van der Waals surface area contributed by atoms with Gasteiger partial charge in [0.15, 0.2) is 5.96 Å². The molecule has 1 aromatic heterocycles. The molecule has 0 aliphatic carbocycles. The number of aliphatic imine (C=N–C) groups is 1. The number of hydrogen-bond donors (Lipinski definition) is 2. The van der Waals surface area contributed by atoms with Crippen LogP contribution in [0.1, 0.15) is 39.1 Å². The summed E-state index contributed by atoms with van der Waals surface area (Å²) in [6.07, 6.45) is 3.97. The van der Waals surface area contributed by atoms with Crippen LogP contribution in [-0.2, 0) is 19.4 Å². The van der Waals surface area contributed by atoms with Gasteiger partial charge in [0.2, 0.25) is 0 Å². The molecule has 2 aromatic rings. The average Bonchev–Trinajstić information content (AvgIpc) is 3.00. The van der Waals surface area contributed by atoms with E-state index in [1.54, 1.807) is 11.3 Å². The van der Waals surface area contributed by atoms with Gasteiger partial charge in [-0.25, -0.2) is 4.98 Å². The van der Waals surface area contributed by atoms with Gasteiger partial charge < -0.3 is 10.6 Å². The van der Waals surface area contributed by atoms with E-state index in [1.165, 1.54) is 32.1 Å². The first-order chi connectivity index (χ1) is 11.5. The molecule has 0 amide bonds. The lowest BCUT2D eigenvalue weighted by molar-refractivity contribution is 0.787. The number of hydrogen-bond acceptors (Lipinski definition) is 3. The van der Waals surface area contributed by atoms with E-state index in [2.05, 4.69) is 60.4 Å². The summed E-state index contributed by atoms with van der Waals surface area (Å²) < 4.78 is 0. The van der Waals surface area contributed by atoms with Crippen molar-refractivity contribution in [2.45, 2.75) is 47.1 Å². The Balaban J connectivity index is 0.00000312. The number of halogens is 1. The second-order valence-corrected chi connectivity index (χ2v) is 7.25. The monoisotopic (exact) mass is 472 g/mol. The number of thiazole rings is 1. The summed E-state index contributed by atoms with van der Waals surface area (Å²) in [7, 11) is 1.81. The van der Waals surface area contributed by atoms with Crippen molar-refractivity contribution in [1.82, 2.24) is 15.6 Å². The molecule has 0 aliphatic rings. The van der Waals surface area contributed by atoms with Crippen LogP contribution >= 0.6 is 35.3 Å². The molecule has 6 heteroatoms. The van der Waals surface area contributed by atoms with Gasteiger partial charge >= 0.3 is 0 Å². The Kier molecular flexibility index (Phi) is 9.42. The molecule has 0 bridgehead atoms. The SMILES string of the molecule is CCc1cnc(CCNC(=NC)NCc2c(C)cc(C)cc2C)s1.I. The van der Waals surface area contributed by atoms with Crippen LogP contribution in [0.15, 0.2) is 23.3 Å². The highest BCUT2D eigenvalue weighted by Gasteiger charge is 2.06. The first-order valence-electron chi connectivity index (χ1n) is 8.48. The van der Waals surface area contributed by atoms with Crippen molar-refractivity contribution in [3.8, 4) is 0 Å². The van der Waals surface area contributed by atoms with Crippen molar-refractivity contribution in [1.29, 1.82) is 0 Å². The summed E-state index contributed by atoms with van der Waals surface area (Å²) in [4.78, 5) is 10.1. The van der Waals surface area contributed by atoms with Crippen LogP contribution in [0.4, 0.5) is 0 Å². The van der Waals surface area contributed by atoms with Crippen molar-refractivity contribution in [2.24, 2.45) is 4.99 Å². The van der Waals surface area contributed by atoms with Gasteiger partial charge in [-0.05, 0) is 43.9 Å². The number of aryl methyl sites for hydroxylation is 4. The van der Waals surface area contributed by atoms with Crippen LogP contribution in [0.5, 0.6) is 0 Å². The Morgan fingerprint density at radius 2 is 1.84 bits per heavy atom. The van der Waals surface area contributed by atoms with Crippen molar-refractivity contribution < 1.29 is 0 Å². The predicted molar refractivity (Wildman–Crippen MR) is 119 cm³/mol. The Labute approximate surface area is 172 Å². The highest BCUT2D eigenvalue weighted by molar-refractivity contribution is 14.0. The van der Waals surface area contributed by atoms with E-state index >= 15 is 0 Å². The van der Waals surface area contributed by atoms with Crippen molar-refractivity contribution in [3.63, 3.8) is 0 Å². The third-order valence-electron chi connectivity index (χ3n) is 4.08. The van der Waals surface area contributed by atoms with E-state index in [4.69, 9.17) is 0 Å². The number of benzene rings is 1. The molecule has 0 radical (unpaired) electrons. The quantitative estimate of drug-likeness (QED) is 0.377. The molecular weight excluding hydrogens is 443 g/mol. The van der Waals surface area contributed by atoms with Gasteiger partial charge in [0.1, 0.15) is 0 Å². The molecule has 138 valence electrons. The highest BCUT2D eigenvalue weighted by Crippen LogP contribution is 2.16. The molecular formula is C19H29IN4S. The minimum absolute atomic E-state index is 0. The number of nitrogens with zero attached hydrogens (tertiary/aromatic N) is 2. The number of nitrogens with one attached hydrogen (secondary N) is 2. The molecule has 0 unspecified atom stereocenters.